The number of hydrogen-bond acceptors (Lipinski definition) is 3. The van der Waals surface area contributed by atoms with Crippen LogP contribution < -0.4 is 5.32 Å². The van der Waals surface area contributed by atoms with Gasteiger partial charge in [0.15, 0.2) is 0 Å². The summed E-state index contributed by atoms with van der Waals surface area (Å²) in [5, 5.41) is 11.7. The highest BCUT2D eigenvalue weighted by Crippen LogP contribution is 2.18. The smallest absolute Gasteiger partial charge is 0.0886 e. The Morgan fingerprint density at radius 3 is 2.94 bits per heavy atom. The molecule has 0 spiro atoms. The lowest BCUT2D eigenvalue weighted by molar-refractivity contribution is 0.470. The molecule has 17 heavy (non-hydrogen) atoms. The third-order valence-corrected chi connectivity index (χ3v) is 3.24. The van der Waals surface area contributed by atoms with E-state index in [0.29, 0.717) is 6.04 Å². The van der Waals surface area contributed by atoms with Gasteiger partial charge < -0.3 is 5.32 Å². The number of benzene rings is 1. The van der Waals surface area contributed by atoms with Crippen LogP contribution in [-0.2, 0) is 6.54 Å². The molecular formula is C13H16N4. The molecule has 1 saturated heterocycles. The van der Waals surface area contributed by atoms with Crippen LogP contribution in [0.3, 0.4) is 0 Å². The van der Waals surface area contributed by atoms with Gasteiger partial charge in [-0.25, -0.2) is 4.68 Å². The zero-order valence-corrected chi connectivity index (χ0v) is 9.71. The van der Waals surface area contributed by atoms with Crippen molar-refractivity contribution in [3.8, 4) is 11.3 Å². The highest BCUT2D eigenvalue weighted by molar-refractivity contribution is 5.57. The first-order valence-electron chi connectivity index (χ1n) is 6.11. The molecule has 0 bridgehead atoms. The largest absolute Gasteiger partial charge is 0.312 e. The molecule has 1 aromatic carbocycles. The Morgan fingerprint density at radius 1 is 1.29 bits per heavy atom. The lowest BCUT2D eigenvalue weighted by atomic mass is 10.1. The number of rotatable bonds is 3. The maximum absolute atomic E-state index is 4.18. The summed E-state index contributed by atoms with van der Waals surface area (Å²) in [5.74, 6) is 0. The van der Waals surface area contributed by atoms with E-state index in [2.05, 4.69) is 27.8 Å². The Morgan fingerprint density at radius 2 is 2.18 bits per heavy atom. The zero-order chi connectivity index (χ0) is 11.5. The van der Waals surface area contributed by atoms with Crippen LogP contribution in [-0.4, -0.2) is 27.6 Å². The predicted molar refractivity (Wildman–Crippen MR) is 66.5 cm³/mol. The Kier molecular flexibility index (Phi) is 2.88. The summed E-state index contributed by atoms with van der Waals surface area (Å²) in [4.78, 5) is 0. The lowest BCUT2D eigenvalue weighted by Gasteiger charge is -2.12. The number of hydrogen-bond donors (Lipinski definition) is 1. The van der Waals surface area contributed by atoms with Gasteiger partial charge in [0.1, 0.15) is 0 Å². The molecule has 4 heteroatoms. The van der Waals surface area contributed by atoms with Crippen molar-refractivity contribution in [2.75, 3.05) is 6.54 Å². The van der Waals surface area contributed by atoms with Crippen LogP contribution in [0.15, 0.2) is 36.5 Å². The van der Waals surface area contributed by atoms with Gasteiger partial charge in [0.05, 0.1) is 18.4 Å². The van der Waals surface area contributed by atoms with Gasteiger partial charge in [0, 0.05) is 11.6 Å². The maximum atomic E-state index is 4.18. The normalized spacial score (nSPS) is 19.6. The molecule has 88 valence electrons. The standard InChI is InChI=1S/C13H16N4/c1-2-5-11(6-3-1)13-9-15-16-17(13)10-12-7-4-8-14-12/h1-3,5-6,9,12,14H,4,7-8,10H2. The molecule has 1 aromatic heterocycles. The van der Waals surface area contributed by atoms with Gasteiger partial charge in [-0.3, -0.25) is 0 Å². The van der Waals surface area contributed by atoms with Crippen molar-refractivity contribution in [3.63, 3.8) is 0 Å². The third-order valence-electron chi connectivity index (χ3n) is 3.24. The highest BCUT2D eigenvalue weighted by Gasteiger charge is 2.16. The van der Waals surface area contributed by atoms with Gasteiger partial charge in [-0.1, -0.05) is 35.5 Å². The minimum atomic E-state index is 0.541. The fraction of sp³-hybridized carbons (Fsp3) is 0.385. The average molecular weight is 228 g/mol. The first kappa shape index (κ1) is 10.5. The second kappa shape index (κ2) is 4.67. The molecule has 1 unspecified atom stereocenters. The Labute approximate surface area is 101 Å². The molecule has 1 fully saturated rings. The van der Waals surface area contributed by atoms with Crippen LogP contribution in [0.5, 0.6) is 0 Å². The van der Waals surface area contributed by atoms with E-state index < -0.39 is 0 Å². The first-order valence-corrected chi connectivity index (χ1v) is 6.11. The topological polar surface area (TPSA) is 42.7 Å². The van der Waals surface area contributed by atoms with Crippen LogP contribution >= 0.6 is 0 Å². The molecule has 4 nitrogen and oxygen atoms in total. The molecule has 0 aliphatic carbocycles. The third kappa shape index (κ3) is 2.22. The molecular weight excluding hydrogens is 212 g/mol. The molecule has 2 heterocycles. The highest BCUT2D eigenvalue weighted by atomic mass is 15.4. The van der Waals surface area contributed by atoms with E-state index in [1.165, 1.54) is 18.4 Å². The number of nitrogens with one attached hydrogen (secondary N) is 1. The van der Waals surface area contributed by atoms with Gasteiger partial charge in [0.25, 0.3) is 0 Å². The van der Waals surface area contributed by atoms with E-state index in [9.17, 15) is 0 Å². The number of aromatic nitrogens is 3. The summed E-state index contributed by atoms with van der Waals surface area (Å²) in [6.45, 7) is 2.03. The van der Waals surface area contributed by atoms with Gasteiger partial charge in [-0.15, -0.1) is 5.10 Å². The Hall–Kier alpha value is -1.68. The van der Waals surface area contributed by atoms with Crippen LogP contribution in [0.4, 0.5) is 0 Å². The molecule has 0 amide bonds. The minimum absolute atomic E-state index is 0.541. The van der Waals surface area contributed by atoms with Crippen molar-refractivity contribution in [1.29, 1.82) is 0 Å². The quantitative estimate of drug-likeness (QED) is 0.869. The van der Waals surface area contributed by atoms with Crippen molar-refractivity contribution in [3.05, 3.63) is 36.5 Å². The van der Waals surface area contributed by atoms with Crippen LogP contribution in [0.1, 0.15) is 12.8 Å². The van der Waals surface area contributed by atoms with Gasteiger partial charge in [0.2, 0.25) is 0 Å². The minimum Gasteiger partial charge on any atom is -0.312 e. The van der Waals surface area contributed by atoms with Crippen molar-refractivity contribution in [2.45, 2.75) is 25.4 Å². The molecule has 2 aromatic rings. The van der Waals surface area contributed by atoms with Crippen molar-refractivity contribution in [1.82, 2.24) is 20.3 Å². The monoisotopic (exact) mass is 228 g/mol. The summed E-state index contributed by atoms with van der Waals surface area (Å²) in [6.07, 6.45) is 4.33. The molecule has 1 N–H and O–H groups in total. The number of nitrogens with zero attached hydrogens (tertiary/aromatic N) is 3. The van der Waals surface area contributed by atoms with E-state index in [0.717, 1.165) is 18.8 Å². The van der Waals surface area contributed by atoms with Gasteiger partial charge >= 0.3 is 0 Å². The molecule has 1 aliphatic rings. The predicted octanol–water partition coefficient (Wildman–Crippen LogP) is 1.70. The molecule has 1 atom stereocenters. The Balaban J connectivity index is 1.84. The molecule has 3 rings (SSSR count). The summed E-state index contributed by atoms with van der Waals surface area (Å²) in [6, 6.07) is 10.8. The van der Waals surface area contributed by atoms with Crippen LogP contribution in [0, 0.1) is 0 Å². The second-order valence-corrected chi connectivity index (χ2v) is 4.46. The summed E-state index contributed by atoms with van der Waals surface area (Å²) >= 11 is 0. The molecule has 1 aliphatic heterocycles. The summed E-state index contributed by atoms with van der Waals surface area (Å²) < 4.78 is 2.00. The van der Waals surface area contributed by atoms with Crippen molar-refractivity contribution >= 4 is 0 Å². The fourth-order valence-corrected chi connectivity index (χ4v) is 2.35. The SMILES string of the molecule is c1ccc(-c2cnnn2CC2CCCN2)cc1. The van der Waals surface area contributed by atoms with Gasteiger partial charge in [-0.2, -0.15) is 0 Å². The fourth-order valence-electron chi connectivity index (χ4n) is 2.35. The average Bonchev–Trinajstić information content (AvgIpc) is 3.02. The van der Waals surface area contributed by atoms with Crippen molar-refractivity contribution < 1.29 is 0 Å². The van der Waals surface area contributed by atoms with E-state index in [4.69, 9.17) is 0 Å². The maximum Gasteiger partial charge on any atom is 0.0886 e. The summed E-state index contributed by atoms with van der Waals surface area (Å²) in [5.41, 5.74) is 2.27. The molecule has 0 saturated carbocycles. The lowest BCUT2D eigenvalue weighted by Crippen LogP contribution is -2.27. The Bertz CT molecular complexity index is 471. The van der Waals surface area contributed by atoms with Crippen LogP contribution in [0.25, 0.3) is 11.3 Å². The van der Waals surface area contributed by atoms with E-state index in [1.54, 1.807) is 0 Å². The van der Waals surface area contributed by atoms with Crippen molar-refractivity contribution in [2.24, 2.45) is 0 Å². The van der Waals surface area contributed by atoms with Crippen LogP contribution in [0.2, 0.25) is 0 Å². The first-order chi connectivity index (χ1) is 8.43. The van der Waals surface area contributed by atoms with E-state index in [-0.39, 0.29) is 0 Å². The van der Waals surface area contributed by atoms with Gasteiger partial charge in [-0.05, 0) is 19.4 Å². The zero-order valence-electron chi connectivity index (χ0n) is 9.71. The molecule has 0 radical (unpaired) electrons. The van der Waals surface area contributed by atoms with E-state index >= 15 is 0 Å². The second-order valence-electron chi connectivity index (χ2n) is 4.46. The summed E-state index contributed by atoms with van der Waals surface area (Å²) in [7, 11) is 0. The van der Waals surface area contributed by atoms with E-state index in [1.807, 2.05) is 29.1 Å².